The minimum absolute atomic E-state index is 0.481. The SMILES string of the molecule is CCCCC/C=C(\C)C(CC)CC=O. The van der Waals surface area contributed by atoms with Gasteiger partial charge in [0.05, 0.1) is 0 Å². The molecule has 0 aliphatic carbocycles. The highest BCUT2D eigenvalue weighted by Gasteiger charge is 2.06. The maximum atomic E-state index is 10.4. The topological polar surface area (TPSA) is 17.1 Å². The van der Waals surface area contributed by atoms with Crippen LogP contribution < -0.4 is 0 Å². The predicted molar refractivity (Wildman–Crippen MR) is 62.4 cm³/mol. The van der Waals surface area contributed by atoms with Crippen molar-refractivity contribution in [3.8, 4) is 0 Å². The second-order valence-corrected chi connectivity index (χ2v) is 3.95. The second-order valence-electron chi connectivity index (χ2n) is 3.95. The summed E-state index contributed by atoms with van der Waals surface area (Å²) in [5.74, 6) is 0.481. The van der Waals surface area contributed by atoms with E-state index in [1.807, 2.05) is 0 Å². The molecule has 0 amide bonds. The average molecular weight is 196 g/mol. The van der Waals surface area contributed by atoms with E-state index in [2.05, 4.69) is 26.8 Å². The van der Waals surface area contributed by atoms with Crippen molar-refractivity contribution >= 4 is 6.29 Å². The molecule has 0 heterocycles. The molecular formula is C13H24O. The quantitative estimate of drug-likeness (QED) is 0.324. The van der Waals surface area contributed by atoms with E-state index in [1.165, 1.54) is 31.3 Å². The van der Waals surface area contributed by atoms with Crippen LogP contribution in [0.25, 0.3) is 0 Å². The van der Waals surface area contributed by atoms with Crippen molar-refractivity contribution in [3.63, 3.8) is 0 Å². The second kappa shape index (κ2) is 8.98. The van der Waals surface area contributed by atoms with E-state index < -0.39 is 0 Å². The zero-order chi connectivity index (χ0) is 10.8. The van der Waals surface area contributed by atoms with Crippen LogP contribution in [0.4, 0.5) is 0 Å². The summed E-state index contributed by atoms with van der Waals surface area (Å²) in [6.45, 7) is 6.53. The van der Waals surface area contributed by atoms with E-state index in [0.717, 1.165) is 12.7 Å². The molecule has 0 aliphatic rings. The van der Waals surface area contributed by atoms with Crippen molar-refractivity contribution < 1.29 is 4.79 Å². The van der Waals surface area contributed by atoms with Crippen LogP contribution in [-0.2, 0) is 4.79 Å². The molecular weight excluding hydrogens is 172 g/mol. The van der Waals surface area contributed by atoms with E-state index in [9.17, 15) is 4.79 Å². The third-order valence-electron chi connectivity index (χ3n) is 2.79. The maximum Gasteiger partial charge on any atom is 0.120 e. The third kappa shape index (κ3) is 5.95. The third-order valence-corrected chi connectivity index (χ3v) is 2.79. The number of rotatable bonds is 8. The van der Waals surface area contributed by atoms with Gasteiger partial charge in [-0.2, -0.15) is 0 Å². The highest BCUT2D eigenvalue weighted by Crippen LogP contribution is 2.18. The van der Waals surface area contributed by atoms with E-state index in [0.29, 0.717) is 12.3 Å². The Bertz CT molecular complexity index is 170. The van der Waals surface area contributed by atoms with Gasteiger partial charge in [-0.15, -0.1) is 0 Å². The molecule has 14 heavy (non-hydrogen) atoms. The van der Waals surface area contributed by atoms with E-state index in [4.69, 9.17) is 0 Å². The summed E-state index contributed by atoms with van der Waals surface area (Å²) in [4.78, 5) is 10.4. The summed E-state index contributed by atoms with van der Waals surface area (Å²) in [5, 5.41) is 0. The van der Waals surface area contributed by atoms with Gasteiger partial charge in [0, 0.05) is 6.42 Å². The van der Waals surface area contributed by atoms with Gasteiger partial charge >= 0.3 is 0 Å². The monoisotopic (exact) mass is 196 g/mol. The van der Waals surface area contributed by atoms with Gasteiger partial charge in [0.15, 0.2) is 0 Å². The van der Waals surface area contributed by atoms with Crippen molar-refractivity contribution in [3.05, 3.63) is 11.6 Å². The van der Waals surface area contributed by atoms with E-state index in [1.54, 1.807) is 0 Å². The van der Waals surface area contributed by atoms with Gasteiger partial charge in [-0.25, -0.2) is 0 Å². The fraction of sp³-hybridized carbons (Fsp3) is 0.769. The first kappa shape index (κ1) is 13.4. The van der Waals surface area contributed by atoms with Crippen molar-refractivity contribution in [1.29, 1.82) is 0 Å². The Labute approximate surface area is 88.6 Å². The first-order valence-corrected chi connectivity index (χ1v) is 5.86. The maximum absolute atomic E-state index is 10.4. The van der Waals surface area contributed by atoms with Crippen LogP contribution in [0.1, 0.15) is 59.3 Å². The van der Waals surface area contributed by atoms with Crippen LogP contribution in [0.3, 0.4) is 0 Å². The van der Waals surface area contributed by atoms with Gasteiger partial charge in [-0.1, -0.05) is 38.3 Å². The molecule has 1 nitrogen and oxygen atoms in total. The van der Waals surface area contributed by atoms with Gasteiger partial charge < -0.3 is 4.79 Å². The molecule has 0 rings (SSSR count). The summed E-state index contributed by atoms with van der Waals surface area (Å²) in [7, 11) is 0. The zero-order valence-electron chi connectivity index (χ0n) is 9.88. The number of carbonyl (C=O) groups is 1. The molecule has 1 unspecified atom stereocenters. The van der Waals surface area contributed by atoms with E-state index in [-0.39, 0.29) is 0 Å². The van der Waals surface area contributed by atoms with Gasteiger partial charge in [-0.05, 0) is 32.1 Å². The van der Waals surface area contributed by atoms with Crippen molar-refractivity contribution in [2.75, 3.05) is 0 Å². The fourth-order valence-electron chi connectivity index (χ4n) is 1.68. The van der Waals surface area contributed by atoms with Crippen LogP contribution in [0.15, 0.2) is 11.6 Å². The number of unbranched alkanes of at least 4 members (excludes halogenated alkanes) is 3. The summed E-state index contributed by atoms with van der Waals surface area (Å²) < 4.78 is 0. The lowest BCUT2D eigenvalue weighted by Gasteiger charge is -2.12. The zero-order valence-corrected chi connectivity index (χ0v) is 9.88. The van der Waals surface area contributed by atoms with Crippen LogP contribution in [-0.4, -0.2) is 6.29 Å². The van der Waals surface area contributed by atoms with Gasteiger partial charge in [0.25, 0.3) is 0 Å². The van der Waals surface area contributed by atoms with Crippen molar-refractivity contribution in [2.45, 2.75) is 59.3 Å². The van der Waals surface area contributed by atoms with Crippen molar-refractivity contribution in [1.82, 2.24) is 0 Å². The molecule has 0 aromatic carbocycles. The Balaban J connectivity index is 3.86. The normalized spacial score (nSPS) is 14.1. The fourth-order valence-corrected chi connectivity index (χ4v) is 1.68. The number of carbonyl (C=O) groups excluding carboxylic acids is 1. The minimum atomic E-state index is 0.481. The number of aldehydes is 1. The van der Waals surface area contributed by atoms with Gasteiger partial charge in [-0.3, -0.25) is 0 Å². The van der Waals surface area contributed by atoms with Crippen molar-refractivity contribution in [2.24, 2.45) is 5.92 Å². The number of allylic oxidation sites excluding steroid dienone is 2. The lowest BCUT2D eigenvalue weighted by atomic mass is 9.93. The van der Waals surface area contributed by atoms with Gasteiger partial charge in [0.2, 0.25) is 0 Å². The van der Waals surface area contributed by atoms with E-state index >= 15 is 0 Å². The molecule has 0 spiro atoms. The first-order chi connectivity index (χ1) is 6.76. The van der Waals surface area contributed by atoms with Crippen LogP contribution >= 0.6 is 0 Å². The lowest BCUT2D eigenvalue weighted by Crippen LogP contribution is -2.01. The Morgan fingerprint density at radius 3 is 2.50 bits per heavy atom. The van der Waals surface area contributed by atoms with Gasteiger partial charge in [0.1, 0.15) is 6.29 Å². The highest BCUT2D eigenvalue weighted by molar-refractivity contribution is 5.50. The molecule has 1 heteroatoms. The lowest BCUT2D eigenvalue weighted by molar-refractivity contribution is -0.108. The highest BCUT2D eigenvalue weighted by atomic mass is 16.1. The van der Waals surface area contributed by atoms with Crippen LogP contribution in [0.5, 0.6) is 0 Å². The first-order valence-electron chi connectivity index (χ1n) is 5.86. The summed E-state index contributed by atoms with van der Waals surface area (Å²) in [6, 6.07) is 0. The summed E-state index contributed by atoms with van der Waals surface area (Å²) >= 11 is 0. The standard InChI is InChI=1S/C13H24O/c1-4-6-7-8-9-12(3)13(5-2)10-11-14/h9,11,13H,4-8,10H2,1-3H3/b12-9+. The number of hydrogen-bond acceptors (Lipinski definition) is 1. The Morgan fingerprint density at radius 1 is 1.29 bits per heavy atom. The molecule has 0 radical (unpaired) electrons. The molecule has 1 atom stereocenters. The van der Waals surface area contributed by atoms with Crippen LogP contribution in [0.2, 0.25) is 0 Å². The smallest absolute Gasteiger partial charge is 0.120 e. The predicted octanol–water partition coefficient (Wildman–Crippen LogP) is 4.13. The average Bonchev–Trinajstić information content (AvgIpc) is 2.20. The Kier molecular flexibility index (Phi) is 8.61. The molecule has 0 N–H and O–H groups in total. The molecule has 0 aliphatic heterocycles. The molecule has 0 bridgehead atoms. The summed E-state index contributed by atoms with van der Waals surface area (Å²) in [5.41, 5.74) is 1.40. The minimum Gasteiger partial charge on any atom is -0.303 e. The molecule has 0 aromatic heterocycles. The number of hydrogen-bond donors (Lipinski definition) is 0. The molecule has 0 saturated carbocycles. The largest absolute Gasteiger partial charge is 0.303 e. The Morgan fingerprint density at radius 2 is 2.00 bits per heavy atom. The summed E-state index contributed by atoms with van der Waals surface area (Å²) in [6.07, 6.45) is 10.2. The molecule has 0 aromatic rings. The Hall–Kier alpha value is -0.590. The molecule has 0 saturated heterocycles. The van der Waals surface area contributed by atoms with Crippen LogP contribution in [0, 0.1) is 5.92 Å². The molecule has 82 valence electrons. The molecule has 0 fully saturated rings.